The van der Waals surface area contributed by atoms with E-state index >= 15 is 0 Å². The van der Waals surface area contributed by atoms with Gasteiger partial charge in [0.05, 0.1) is 11.0 Å². The monoisotopic (exact) mass is 423 g/mol. The molecule has 0 fully saturated rings. The first-order valence-corrected chi connectivity index (χ1v) is 11.5. The van der Waals surface area contributed by atoms with Crippen molar-refractivity contribution in [2.45, 2.75) is 13.8 Å². The fourth-order valence-corrected chi connectivity index (χ4v) is 5.12. The molecule has 5 aromatic carbocycles. The molecule has 1 heterocycles. The van der Waals surface area contributed by atoms with Crippen molar-refractivity contribution in [1.29, 1.82) is 0 Å². The Hall–Kier alpha value is -4.10. The average Bonchev–Trinajstić information content (AvgIpc) is 3.20. The molecule has 0 amide bonds. The summed E-state index contributed by atoms with van der Waals surface area (Å²) in [5.41, 5.74) is 11.4. The van der Waals surface area contributed by atoms with E-state index in [1.807, 2.05) is 0 Å². The van der Waals surface area contributed by atoms with Gasteiger partial charge >= 0.3 is 0 Å². The number of para-hydroxylation sites is 2. The maximum absolute atomic E-state index is 2.38. The summed E-state index contributed by atoms with van der Waals surface area (Å²) < 4.78 is 2.38. The summed E-state index contributed by atoms with van der Waals surface area (Å²) in [6.07, 6.45) is 0. The first-order chi connectivity index (χ1) is 16.2. The lowest BCUT2D eigenvalue weighted by Crippen LogP contribution is -1.93. The molecule has 0 saturated heterocycles. The molecule has 0 saturated carbocycles. The third kappa shape index (κ3) is 3.16. The van der Waals surface area contributed by atoms with Crippen molar-refractivity contribution in [3.63, 3.8) is 0 Å². The zero-order chi connectivity index (χ0) is 22.4. The number of hydrogen-bond acceptors (Lipinski definition) is 0. The van der Waals surface area contributed by atoms with E-state index in [1.54, 1.807) is 0 Å². The Balaban J connectivity index is 1.61. The highest BCUT2D eigenvalue weighted by molar-refractivity contribution is 6.15. The topological polar surface area (TPSA) is 4.93 Å². The molecule has 0 unspecified atom stereocenters. The number of aryl methyl sites for hydroxylation is 2. The van der Waals surface area contributed by atoms with E-state index in [0.29, 0.717) is 0 Å². The van der Waals surface area contributed by atoms with Crippen molar-refractivity contribution in [1.82, 2.24) is 4.57 Å². The minimum absolute atomic E-state index is 1.19. The van der Waals surface area contributed by atoms with Crippen LogP contribution in [-0.4, -0.2) is 4.57 Å². The molecule has 0 spiro atoms. The lowest BCUT2D eigenvalue weighted by molar-refractivity contribution is 1.18. The van der Waals surface area contributed by atoms with Crippen molar-refractivity contribution in [2.24, 2.45) is 0 Å². The predicted molar refractivity (Wildman–Crippen MR) is 141 cm³/mol. The van der Waals surface area contributed by atoms with Crippen LogP contribution in [0.25, 0.3) is 49.7 Å². The van der Waals surface area contributed by atoms with E-state index < -0.39 is 0 Å². The third-order valence-corrected chi connectivity index (χ3v) is 6.68. The number of nitrogens with zero attached hydrogens (tertiary/aromatic N) is 1. The molecule has 0 bridgehead atoms. The molecule has 0 aliphatic carbocycles. The van der Waals surface area contributed by atoms with E-state index in [9.17, 15) is 0 Å². The predicted octanol–water partition coefficient (Wildman–Crippen LogP) is 8.73. The van der Waals surface area contributed by atoms with Gasteiger partial charge in [-0.05, 0) is 71.5 Å². The minimum Gasteiger partial charge on any atom is -0.309 e. The zero-order valence-electron chi connectivity index (χ0n) is 18.9. The van der Waals surface area contributed by atoms with Crippen molar-refractivity contribution in [3.05, 3.63) is 126 Å². The van der Waals surface area contributed by atoms with E-state index in [2.05, 4.69) is 134 Å². The Bertz CT molecular complexity index is 1620. The van der Waals surface area contributed by atoms with Gasteiger partial charge in [0.2, 0.25) is 0 Å². The van der Waals surface area contributed by atoms with Crippen LogP contribution < -0.4 is 0 Å². The molecular formula is C32H25N. The van der Waals surface area contributed by atoms with Crippen molar-refractivity contribution in [2.75, 3.05) is 0 Å². The van der Waals surface area contributed by atoms with Gasteiger partial charge in [-0.25, -0.2) is 0 Å². The van der Waals surface area contributed by atoms with Crippen LogP contribution in [0.1, 0.15) is 11.1 Å². The van der Waals surface area contributed by atoms with Crippen LogP contribution in [0.3, 0.4) is 0 Å². The third-order valence-electron chi connectivity index (χ3n) is 6.68. The molecular weight excluding hydrogens is 398 g/mol. The van der Waals surface area contributed by atoms with Crippen molar-refractivity contribution >= 4 is 21.8 Å². The molecule has 6 rings (SSSR count). The van der Waals surface area contributed by atoms with Crippen LogP contribution in [0.4, 0.5) is 0 Å². The summed E-state index contributed by atoms with van der Waals surface area (Å²) in [6, 6.07) is 41.6. The van der Waals surface area contributed by atoms with Gasteiger partial charge in [0.15, 0.2) is 0 Å². The van der Waals surface area contributed by atoms with Crippen LogP contribution in [0.15, 0.2) is 115 Å². The van der Waals surface area contributed by atoms with Gasteiger partial charge in [0.1, 0.15) is 0 Å². The SMILES string of the molecule is Cc1ccccc1-c1ccc(-c2cccc3c2c2ccccc2n3-c2ccccc2)cc1C. The smallest absolute Gasteiger partial charge is 0.0547 e. The Morgan fingerprint density at radius 3 is 1.97 bits per heavy atom. The maximum Gasteiger partial charge on any atom is 0.0547 e. The summed E-state index contributed by atoms with van der Waals surface area (Å²) >= 11 is 0. The van der Waals surface area contributed by atoms with Gasteiger partial charge in [-0.15, -0.1) is 0 Å². The summed E-state index contributed by atoms with van der Waals surface area (Å²) in [7, 11) is 0. The molecule has 6 aromatic rings. The van der Waals surface area contributed by atoms with E-state index in [0.717, 1.165) is 0 Å². The average molecular weight is 424 g/mol. The molecule has 0 aliphatic rings. The second-order valence-electron chi connectivity index (χ2n) is 8.73. The standard InChI is InChI=1S/C32H25N/c1-22-11-6-7-14-26(22)27-20-19-24(21-23(27)2)28-16-10-18-31-32(28)29-15-8-9-17-30(29)33(31)25-12-4-3-5-13-25/h3-21H,1-2H3. The number of rotatable bonds is 3. The highest BCUT2D eigenvalue weighted by Crippen LogP contribution is 2.39. The molecule has 0 aliphatic heterocycles. The van der Waals surface area contributed by atoms with Gasteiger partial charge in [0.25, 0.3) is 0 Å². The largest absolute Gasteiger partial charge is 0.309 e. The molecule has 0 radical (unpaired) electrons. The number of aromatic nitrogens is 1. The van der Waals surface area contributed by atoms with Crippen LogP contribution >= 0.6 is 0 Å². The first kappa shape index (κ1) is 19.6. The Morgan fingerprint density at radius 2 is 1.15 bits per heavy atom. The van der Waals surface area contributed by atoms with Crippen molar-refractivity contribution in [3.8, 4) is 27.9 Å². The van der Waals surface area contributed by atoms with E-state index in [4.69, 9.17) is 0 Å². The quantitative estimate of drug-likeness (QED) is 0.268. The van der Waals surface area contributed by atoms with Gasteiger partial charge < -0.3 is 4.57 Å². The van der Waals surface area contributed by atoms with Crippen LogP contribution in [0, 0.1) is 13.8 Å². The van der Waals surface area contributed by atoms with Crippen LogP contribution in [-0.2, 0) is 0 Å². The van der Waals surface area contributed by atoms with Gasteiger partial charge in [-0.3, -0.25) is 0 Å². The van der Waals surface area contributed by atoms with E-state index in [-0.39, 0.29) is 0 Å². The van der Waals surface area contributed by atoms with Crippen molar-refractivity contribution < 1.29 is 0 Å². The van der Waals surface area contributed by atoms with Gasteiger partial charge in [-0.2, -0.15) is 0 Å². The van der Waals surface area contributed by atoms with Crippen LogP contribution in [0.5, 0.6) is 0 Å². The Kier molecular flexibility index (Phi) is 4.62. The maximum atomic E-state index is 2.38. The second kappa shape index (κ2) is 7.79. The molecule has 33 heavy (non-hydrogen) atoms. The van der Waals surface area contributed by atoms with Gasteiger partial charge in [-0.1, -0.05) is 91.0 Å². The number of fused-ring (bicyclic) bond motifs is 3. The molecule has 1 aromatic heterocycles. The molecule has 0 atom stereocenters. The number of benzene rings is 5. The summed E-state index contributed by atoms with van der Waals surface area (Å²) in [4.78, 5) is 0. The molecule has 158 valence electrons. The summed E-state index contributed by atoms with van der Waals surface area (Å²) in [6.45, 7) is 4.40. The molecule has 1 heteroatoms. The zero-order valence-corrected chi connectivity index (χ0v) is 18.9. The molecule has 1 nitrogen and oxygen atoms in total. The number of hydrogen-bond donors (Lipinski definition) is 0. The Morgan fingerprint density at radius 1 is 0.485 bits per heavy atom. The molecule has 0 N–H and O–H groups in total. The van der Waals surface area contributed by atoms with Crippen LogP contribution in [0.2, 0.25) is 0 Å². The first-order valence-electron chi connectivity index (χ1n) is 11.5. The normalized spacial score (nSPS) is 11.3. The Labute approximate surface area is 194 Å². The highest BCUT2D eigenvalue weighted by Gasteiger charge is 2.16. The second-order valence-corrected chi connectivity index (χ2v) is 8.73. The minimum atomic E-state index is 1.19. The lowest BCUT2D eigenvalue weighted by atomic mass is 9.92. The fourth-order valence-electron chi connectivity index (χ4n) is 5.12. The van der Waals surface area contributed by atoms with Gasteiger partial charge in [0, 0.05) is 16.5 Å². The fraction of sp³-hybridized carbons (Fsp3) is 0.0625. The summed E-state index contributed by atoms with van der Waals surface area (Å²) in [5.74, 6) is 0. The summed E-state index contributed by atoms with van der Waals surface area (Å²) in [5, 5.41) is 2.59. The highest BCUT2D eigenvalue weighted by atomic mass is 15.0. The van der Waals surface area contributed by atoms with E-state index in [1.165, 1.54) is 60.9 Å². The lowest BCUT2D eigenvalue weighted by Gasteiger charge is -2.13.